The van der Waals surface area contributed by atoms with Crippen LogP contribution in [0.5, 0.6) is 5.75 Å². The van der Waals surface area contributed by atoms with Gasteiger partial charge in [-0.25, -0.2) is 0 Å². The summed E-state index contributed by atoms with van der Waals surface area (Å²) in [6, 6.07) is 13.1. The van der Waals surface area contributed by atoms with Crippen molar-refractivity contribution >= 4 is 55.6 Å². The molecule has 1 aliphatic heterocycles. The summed E-state index contributed by atoms with van der Waals surface area (Å²) in [6.45, 7) is 0. The van der Waals surface area contributed by atoms with E-state index in [4.69, 9.17) is 9.15 Å². The predicted octanol–water partition coefficient (Wildman–Crippen LogP) is 4.11. The lowest BCUT2D eigenvalue weighted by atomic mass is 9.97. The normalized spacial score (nSPS) is 13.8. The van der Waals surface area contributed by atoms with Gasteiger partial charge in [-0.05, 0) is 18.2 Å². The molecule has 0 bridgehead atoms. The number of imide groups is 1. The molecule has 0 fully saturated rings. The lowest BCUT2D eigenvalue weighted by molar-refractivity contribution is 0.0880. The number of nitrogens with one attached hydrogen (secondary N) is 2. The van der Waals surface area contributed by atoms with Crippen molar-refractivity contribution in [1.29, 1.82) is 0 Å². The van der Waals surface area contributed by atoms with Gasteiger partial charge in [-0.2, -0.15) is 0 Å². The lowest BCUT2D eigenvalue weighted by Gasteiger charge is -2.01. The Morgan fingerprint density at radius 2 is 1.70 bits per heavy atom. The van der Waals surface area contributed by atoms with Crippen molar-refractivity contribution in [2.75, 3.05) is 7.11 Å². The summed E-state index contributed by atoms with van der Waals surface area (Å²) in [5.74, 6) is -0.119. The molecule has 0 saturated carbocycles. The van der Waals surface area contributed by atoms with Gasteiger partial charge in [0.1, 0.15) is 11.3 Å². The van der Waals surface area contributed by atoms with Gasteiger partial charge in [0.25, 0.3) is 11.8 Å². The largest absolute Gasteiger partial charge is 0.497 e. The second kappa shape index (κ2) is 4.67. The molecule has 0 atom stereocenters. The van der Waals surface area contributed by atoms with Crippen LogP contribution in [0, 0.1) is 0 Å². The van der Waals surface area contributed by atoms with Gasteiger partial charge >= 0.3 is 0 Å². The van der Waals surface area contributed by atoms with Crippen molar-refractivity contribution in [3.63, 3.8) is 0 Å². The predicted molar refractivity (Wildman–Crippen MR) is 101 cm³/mol. The minimum Gasteiger partial charge on any atom is -0.497 e. The van der Waals surface area contributed by atoms with Crippen LogP contribution in [0.1, 0.15) is 20.7 Å². The van der Waals surface area contributed by atoms with Gasteiger partial charge in [0, 0.05) is 33.1 Å². The summed E-state index contributed by atoms with van der Waals surface area (Å²) >= 11 is 0. The average molecular weight is 356 g/mol. The number of methoxy groups -OCH3 is 1. The molecule has 130 valence electrons. The average Bonchev–Trinajstić information content (AvgIpc) is 3.32. The zero-order valence-corrected chi connectivity index (χ0v) is 14.2. The molecule has 0 spiro atoms. The molecule has 0 saturated heterocycles. The molecule has 0 aliphatic carbocycles. The first-order valence-corrected chi connectivity index (χ1v) is 8.49. The number of furan rings is 1. The lowest BCUT2D eigenvalue weighted by Crippen LogP contribution is -2.20. The number of amides is 2. The number of hydrogen-bond donors (Lipinski definition) is 2. The Balaban J connectivity index is 1.95. The van der Waals surface area contributed by atoms with Crippen molar-refractivity contribution in [3.05, 3.63) is 53.6 Å². The van der Waals surface area contributed by atoms with Crippen LogP contribution in [-0.2, 0) is 0 Å². The molecule has 6 nitrogen and oxygen atoms in total. The Morgan fingerprint density at radius 1 is 0.926 bits per heavy atom. The fraction of sp³-hybridized carbons (Fsp3) is 0.0476. The van der Waals surface area contributed by atoms with Gasteiger partial charge in [0.2, 0.25) is 0 Å². The topological polar surface area (TPSA) is 84.3 Å². The molecule has 3 aromatic carbocycles. The van der Waals surface area contributed by atoms with E-state index < -0.39 is 5.91 Å². The molecular formula is C21H12N2O4. The first-order chi connectivity index (χ1) is 13.2. The highest BCUT2D eigenvalue weighted by Gasteiger charge is 2.35. The monoisotopic (exact) mass is 356 g/mol. The summed E-state index contributed by atoms with van der Waals surface area (Å²) in [6.07, 6.45) is 0. The Bertz CT molecular complexity index is 1470. The zero-order valence-electron chi connectivity index (χ0n) is 14.2. The first kappa shape index (κ1) is 14.4. The third-order valence-corrected chi connectivity index (χ3v) is 5.26. The Labute approximate surface area is 151 Å². The maximum absolute atomic E-state index is 12.6. The molecular weight excluding hydrogens is 344 g/mol. The van der Waals surface area contributed by atoms with Crippen molar-refractivity contribution in [2.45, 2.75) is 0 Å². The summed E-state index contributed by atoms with van der Waals surface area (Å²) in [7, 11) is 1.59. The summed E-state index contributed by atoms with van der Waals surface area (Å²) < 4.78 is 11.4. The van der Waals surface area contributed by atoms with Crippen molar-refractivity contribution in [1.82, 2.24) is 10.3 Å². The highest BCUT2D eigenvalue weighted by atomic mass is 16.5. The van der Waals surface area contributed by atoms with E-state index in [0.29, 0.717) is 44.3 Å². The molecule has 5 aromatic rings. The molecule has 6 rings (SSSR count). The van der Waals surface area contributed by atoms with Crippen LogP contribution in [0.4, 0.5) is 0 Å². The number of H-pyrrole nitrogens is 1. The van der Waals surface area contributed by atoms with Crippen molar-refractivity contribution in [3.8, 4) is 5.75 Å². The number of benzene rings is 3. The standard InChI is InChI=1S/C21H12N2O4/c1-26-9-6-7-11-13(8-9)27-19-15(11)17-16(20(24)23-21(17)25)14-10-4-2-3-5-12(10)22-18(14)19/h2-8,22H,1H3,(H,23,24,25). The maximum Gasteiger partial charge on any atom is 0.259 e. The second-order valence-electron chi connectivity index (χ2n) is 6.62. The number of carbonyl (C=O) groups excluding carboxylic acids is 2. The van der Waals surface area contributed by atoms with Crippen LogP contribution in [0.3, 0.4) is 0 Å². The molecule has 27 heavy (non-hydrogen) atoms. The summed E-state index contributed by atoms with van der Waals surface area (Å²) in [4.78, 5) is 28.6. The van der Waals surface area contributed by atoms with Crippen molar-refractivity contribution in [2.24, 2.45) is 0 Å². The minimum absolute atomic E-state index is 0.371. The zero-order chi connectivity index (χ0) is 18.3. The number of fused-ring (bicyclic) bond motifs is 10. The Hall–Kier alpha value is -3.80. The van der Waals surface area contributed by atoms with Gasteiger partial charge in [0.15, 0.2) is 5.58 Å². The SMILES string of the molecule is COc1ccc2c(c1)oc1c3[nH]c4ccccc4c3c3c(c21)C(=O)NC3=O. The number of aromatic nitrogens is 1. The number of carbonyl (C=O) groups is 2. The number of para-hydroxylation sites is 1. The van der Waals surface area contributed by atoms with Gasteiger partial charge in [-0.1, -0.05) is 18.2 Å². The van der Waals surface area contributed by atoms with E-state index in [2.05, 4.69) is 10.3 Å². The van der Waals surface area contributed by atoms with Crippen LogP contribution in [0.25, 0.3) is 43.7 Å². The molecule has 6 heteroatoms. The molecule has 0 radical (unpaired) electrons. The van der Waals surface area contributed by atoms with Crippen LogP contribution in [0.2, 0.25) is 0 Å². The maximum atomic E-state index is 12.6. The van der Waals surface area contributed by atoms with Crippen LogP contribution in [-0.4, -0.2) is 23.9 Å². The Kier molecular flexibility index (Phi) is 2.49. The van der Waals surface area contributed by atoms with Crippen LogP contribution in [0.15, 0.2) is 46.9 Å². The minimum atomic E-state index is -0.398. The van der Waals surface area contributed by atoms with E-state index in [1.165, 1.54) is 0 Å². The number of hydrogen-bond acceptors (Lipinski definition) is 4. The first-order valence-electron chi connectivity index (χ1n) is 8.49. The summed E-state index contributed by atoms with van der Waals surface area (Å²) in [5, 5.41) is 5.45. The van der Waals surface area contributed by atoms with E-state index in [1.807, 2.05) is 36.4 Å². The van der Waals surface area contributed by atoms with Crippen molar-refractivity contribution < 1.29 is 18.7 Å². The smallest absolute Gasteiger partial charge is 0.259 e. The van der Waals surface area contributed by atoms with E-state index >= 15 is 0 Å². The molecule has 2 amide bonds. The molecule has 2 aromatic heterocycles. The third-order valence-electron chi connectivity index (χ3n) is 5.26. The van der Waals surface area contributed by atoms with Gasteiger partial charge < -0.3 is 14.1 Å². The van der Waals surface area contributed by atoms with Gasteiger partial charge in [0.05, 0.1) is 23.8 Å². The van der Waals surface area contributed by atoms with E-state index in [0.717, 1.165) is 16.3 Å². The van der Waals surface area contributed by atoms with E-state index in [1.54, 1.807) is 13.2 Å². The molecule has 1 aliphatic rings. The fourth-order valence-corrected chi connectivity index (χ4v) is 4.13. The molecule has 3 heterocycles. The van der Waals surface area contributed by atoms with Gasteiger partial charge in [-0.15, -0.1) is 0 Å². The Morgan fingerprint density at radius 3 is 2.52 bits per heavy atom. The van der Waals surface area contributed by atoms with Crippen LogP contribution < -0.4 is 10.1 Å². The summed E-state index contributed by atoms with van der Waals surface area (Å²) in [5.41, 5.74) is 3.53. The highest BCUT2D eigenvalue weighted by molar-refractivity contribution is 6.38. The molecule has 0 unspecified atom stereocenters. The van der Waals surface area contributed by atoms with E-state index in [9.17, 15) is 9.59 Å². The number of ether oxygens (including phenoxy) is 1. The van der Waals surface area contributed by atoms with E-state index in [-0.39, 0.29) is 5.91 Å². The van der Waals surface area contributed by atoms with Gasteiger partial charge in [-0.3, -0.25) is 14.9 Å². The number of rotatable bonds is 1. The fourth-order valence-electron chi connectivity index (χ4n) is 4.13. The quantitative estimate of drug-likeness (QED) is 0.443. The molecule has 2 N–H and O–H groups in total. The number of aromatic amines is 1. The van der Waals surface area contributed by atoms with Crippen LogP contribution >= 0.6 is 0 Å². The second-order valence-corrected chi connectivity index (χ2v) is 6.62. The third kappa shape index (κ3) is 1.65. The highest BCUT2D eigenvalue weighted by Crippen LogP contribution is 2.43.